The fraction of sp³-hybridized carbons (Fsp3) is 0. The fourth-order valence-electron chi connectivity index (χ4n) is 7.57. The molecule has 10 aromatic rings. The summed E-state index contributed by atoms with van der Waals surface area (Å²) in [6.45, 7) is 0. The van der Waals surface area contributed by atoms with E-state index in [0.29, 0.717) is 0 Å². The molecule has 0 N–H and O–H groups in total. The minimum atomic E-state index is 0.879. The molecule has 49 heavy (non-hydrogen) atoms. The van der Waals surface area contributed by atoms with Crippen molar-refractivity contribution in [3.05, 3.63) is 182 Å². The first-order valence-corrected chi connectivity index (χ1v) is 16.7. The Kier molecular flexibility index (Phi) is 6.18. The molecule has 3 nitrogen and oxygen atoms in total. The minimum Gasteiger partial charge on any atom is -0.456 e. The molecule has 0 aliphatic heterocycles. The van der Waals surface area contributed by atoms with Gasteiger partial charge in [-0.2, -0.15) is 0 Å². The van der Waals surface area contributed by atoms with Crippen molar-refractivity contribution >= 4 is 71.6 Å². The highest BCUT2D eigenvalue weighted by Crippen LogP contribution is 2.47. The molecule has 0 aliphatic rings. The van der Waals surface area contributed by atoms with Crippen LogP contribution < -0.4 is 4.90 Å². The summed E-state index contributed by atoms with van der Waals surface area (Å²) in [4.78, 5) is 2.44. The monoisotopic (exact) mass is 626 g/mol. The second kappa shape index (κ2) is 11.0. The summed E-state index contributed by atoms with van der Waals surface area (Å²) in [6, 6.07) is 65.0. The Morgan fingerprint density at radius 1 is 0.429 bits per heavy atom. The van der Waals surface area contributed by atoms with Gasteiger partial charge in [-0.3, -0.25) is 0 Å². The summed E-state index contributed by atoms with van der Waals surface area (Å²) in [6.07, 6.45) is 0. The smallest absolute Gasteiger partial charge is 0.136 e. The van der Waals surface area contributed by atoms with Gasteiger partial charge in [-0.05, 0) is 83.1 Å². The van der Waals surface area contributed by atoms with E-state index in [9.17, 15) is 0 Å². The van der Waals surface area contributed by atoms with E-state index < -0.39 is 0 Å². The maximum atomic E-state index is 6.46. The van der Waals surface area contributed by atoms with Crippen molar-refractivity contribution in [2.45, 2.75) is 0 Å². The first kappa shape index (κ1) is 27.5. The van der Waals surface area contributed by atoms with Crippen molar-refractivity contribution in [1.82, 2.24) is 4.57 Å². The van der Waals surface area contributed by atoms with Crippen molar-refractivity contribution < 1.29 is 4.42 Å². The SMILES string of the molecule is c1ccc(-c2ccccc2N(c2ccc3oc4cc5ccccc5cc4c3c2)c2cccc3c2c2ccccc2n3-c2ccccc2)cc1. The lowest BCUT2D eigenvalue weighted by molar-refractivity contribution is 0.669. The van der Waals surface area contributed by atoms with Gasteiger partial charge < -0.3 is 13.9 Å². The molecule has 0 saturated heterocycles. The molecule has 0 fully saturated rings. The number of anilines is 3. The number of benzene rings is 8. The third-order valence-electron chi connectivity index (χ3n) is 9.74. The molecule has 0 unspecified atom stereocenters. The zero-order valence-corrected chi connectivity index (χ0v) is 26.6. The molecule has 2 heterocycles. The first-order chi connectivity index (χ1) is 24.3. The number of para-hydroxylation sites is 3. The molecule has 8 aromatic carbocycles. The lowest BCUT2D eigenvalue weighted by Crippen LogP contribution is -2.11. The molecule has 0 radical (unpaired) electrons. The number of furan rings is 1. The Labute approximate surface area is 283 Å². The van der Waals surface area contributed by atoms with Crippen molar-refractivity contribution in [3.63, 3.8) is 0 Å². The maximum Gasteiger partial charge on any atom is 0.136 e. The van der Waals surface area contributed by atoms with Gasteiger partial charge in [-0.1, -0.05) is 115 Å². The van der Waals surface area contributed by atoms with Gasteiger partial charge in [0.05, 0.1) is 22.4 Å². The molecule has 0 spiro atoms. The Morgan fingerprint density at radius 2 is 1.08 bits per heavy atom. The van der Waals surface area contributed by atoms with E-state index in [1.807, 2.05) is 0 Å². The van der Waals surface area contributed by atoms with E-state index in [1.54, 1.807) is 0 Å². The zero-order valence-electron chi connectivity index (χ0n) is 26.6. The third kappa shape index (κ3) is 4.37. The van der Waals surface area contributed by atoms with Crippen molar-refractivity contribution in [3.8, 4) is 16.8 Å². The number of hydrogen-bond donors (Lipinski definition) is 0. The van der Waals surface area contributed by atoms with Crippen LogP contribution in [0.4, 0.5) is 17.1 Å². The predicted molar refractivity (Wildman–Crippen MR) is 206 cm³/mol. The Balaban J connectivity index is 1.30. The minimum absolute atomic E-state index is 0.879. The van der Waals surface area contributed by atoms with E-state index in [2.05, 4.69) is 191 Å². The van der Waals surface area contributed by atoms with E-state index in [0.717, 1.165) is 55.8 Å². The van der Waals surface area contributed by atoms with Crippen LogP contribution in [0.1, 0.15) is 0 Å². The average molecular weight is 627 g/mol. The fourth-order valence-corrected chi connectivity index (χ4v) is 7.57. The molecule has 2 aromatic heterocycles. The van der Waals surface area contributed by atoms with Gasteiger partial charge in [-0.15, -0.1) is 0 Å². The number of fused-ring (bicyclic) bond motifs is 7. The Morgan fingerprint density at radius 3 is 1.94 bits per heavy atom. The summed E-state index contributed by atoms with van der Waals surface area (Å²) in [5, 5.41) is 7.00. The van der Waals surface area contributed by atoms with Gasteiger partial charge in [0.15, 0.2) is 0 Å². The van der Waals surface area contributed by atoms with E-state index in [4.69, 9.17) is 4.42 Å². The largest absolute Gasteiger partial charge is 0.456 e. The van der Waals surface area contributed by atoms with Gasteiger partial charge in [0.1, 0.15) is 11.2 Å². The summed E-state index contributed by atoms with van der Waals surface area (Å²) < 4.78 is 8.84. The molecule has 0 atom stereocenters. The standard InChI is InChI=1S/C46H30N2O/c1-3-14-31(15-4-1)36-20-9-11-22-40(36)48(35-26-27-44-39(30-35)38-28-32-16-7-8-17-33(32)29-45(38)49-44)43-25-13-24-42-46(43)37-21-10-12-23-41(37)47(42)34-18-5-2-6-19-34/h1-30H. The number of nitrogens with zero attached hydrogens (tertiary/aromatic N) is 2. The lowest BCUT2D eigenvalue weighted by atomic mass is 10.0. The molecule has 0 aliphatic carbocycles. The molecule has 0 amide bonds. The van der Waals surface area contributed by atoms with E-state index >= 15 is 0 Å². The molecular formula is C46H30N2O. The van der Waals surface area contributed by atoms with Gasteiger partial charge >= 0.3 is 0 Å². The van der Waals surface area contributed by atoms with Crippen molar-refractivity contribution in [1.29, 1.82) is 0 Å². The van der Waals surface area contributed by atoms with Crippen LogP contribution in [-0.2, 0) is 0 Å². The second-order valence-corrected chi connectivity index (χ2v) is 12.6. The topological polar surface area (TPSA) is 21.3 Å². The lowest BCUT2D eigenvalue weighted by Gasteiger charge is -2.29. The van der Waals surface area contributed by atoms with Gasteiger partial charge in [0.25, 0.3) is 0 Å². The average Bonchev–Trinajstić information content (AvgIpc) is 3.70. The zero-order chi connectivity index (χ0) is 32.3. The van der Waals surface area contributed by atoms with Crippen molar-refractivity contribution in [2.24, 2.45) is 0 Å². The van der Waals surface area contributed by atoms with Crippen LogP contribution in [0.2, 0.25) is 0 Å². The highest BCUT2D eigenvalue weighted by Gasteiger charge is 2.23. The van der Waals surface area contributed by atoms with Gasteiger partial charge in [0.2, 0.25) is 0 Å². The van der Waals surface area contributed by atoms with Gasteiger partial charge in [-0.25, -0.2) is 0 Å². The highest BCUT2D eigenvalue weighted by molar-refractivity contribution is 6.17. The third-order valence-corrected chi connectivity index (χ3v) is 9.74. The molecular weight excluding hydrogens is 597 g/mol. The summed E-state index contributed by atoms with van der Waals surface area (Å²) in [5.74, 6) is 0. The Bertz CT molecular complexity index is 2830. The van der Waals surface area contributed by atoms with Crippen LogP contribution in [0.15, 0.2) is 186 Å². The molecule has 3 heteroatoms. The molecule has 10 rings (SSSR count). The van der Waals surface area contributed by atoms with Crippen LogP contribution >= 0.6 is 0 Å². The Hall–Kier alpha value is -6.58. The van der Waals surface area contributed by atoms with Crippen LogP contribution in [0.25, 0.3) is 71.3 Å². The maximum absolute atomic E-state index is 6.46. The quantitative estimate of drug-likeness (QED) is 0.190. The summed E-state index contributed by atoms with van der Waals surface area (Å²) in [7, 11) is 0. The molecule has 230 valence electrons. The first-order valence-electron chi connectivity index (χ1n) is 16.7. The van der Waals surface area contributed by atoms with Crippen LogP contribution in [0.3, 0.4) is 0 Å². The van der Waals surface area contributed by atoms with Crippen LogP contribution in [-0.4, -0.2) is 4.57 Å². The number of hydrogen-bond acceptors (Lipinski definition) is 2. The second-order valence-electron chi connectivity index (χ2n) is 12.6. The predicted octanol–water partition coefficient (Wildman–Crippen LogP) is 13.0. The van der Waals surface area contributed by atoms with Crippen molar-refractivity contribution in [2.75, 3.05) is 4.90 Å². The van der Waals surface area contributed by atoms with Crippen LogP contribution in [0.5, 0.6) is 0 Å². The molecule has 0 bridgehead atoms. The number of rotatable bonds is 5. The molecule has 0 saturated carbocycles. The van der Waals surface area contributed by atoms with E-state index in [-0.39, 0.29) is 0 Å². The normalized spacial score (nSPS) is 11.7. The number of aromatic nitrogens is 1. The van der Waals surface area contributed by atoms with E-state index in [1.165, 1.54) is 32.6 Å². The summed E-state index contributed by atoms with van der Waals surface area (Å²) in [5.41, 5.74) is 10.9. The van der Waals surface area contributed by atoms with Gasteiger partial charge in [0, 0.05) is 38.5 Å². The summed E-state index contributed by atoms with van der Waals surface area (Å²) >= 11 is 0. The highest BCUT2D eigenvalue weighted by atomic mass is 16.3. The van der Waals surface area contributed by atoms with Crippen LogP contribution in [0, 0.1) is 0 Å².